The lowest BCUT2D eigenvalue weighted by atomic mass is 9.97. The van der Waals surface area contributed by atoms with Crippen LogP contribution in [0.5, 0.6) is 5.75 Å². The molecule has 150 valence electrons. The van der Waals surface area contributed by atoms with Crippen molar-refractivity contribution in [2.24, 2.45) is 0 Å². The topological polar surface area (TPSA) is 49.8 Å². The third-order valence-electron chi connectivity index (χ3n) is 4.69. The van der Waals surface area contributed by atoms with Crippen LogP contribution in [0.1, 0.15) is 38.7 Å². The molecule has 0 saturated carbocycles. The van der Waals surface area contributed by atoms with Crippen LogP contribution in [0.3, 0.4) is 0 Å². The van der Waals surface area contributed by atoms with Crippen molar-refractivity contribution in [3.8, 4) is 5.75 Å². The molecule has 0 fully saturated rings. The number of ether oxygens (including phenoxy) is 1. The molecule has 1 aliphatic rings. The largest absolute Gasteiger partial charge is 0.497 e. The molecule has 0 aliphatic carbocycles. The zero-order valence-electron chi connectivity index (χ0n) is 15.4. The van der Waals surface area contributed by atoms with E-state index in [-0.39, 0.29) is 35.5 Å². The first-order chi connectivity index (χ1) is 13.2. The van der Waals surface area contributed by atoms with Crippen LogP contribution < -0.4 is 4.74 Å². The third-order valence-corrected chi connectivity index (χ3v) is 5.34. The van der Waals surface area contributed by atoms with E-state index >= 15 is 0 Å². The molecular formula is C20H20F3NO3S. The number of hydrogen-bond donors (Lipinski definition) is 1. The molecule has 1 unspecified atom stereocenters. The van der Waals surface area contributed by atoms with Gasteiger partial charge in [0.05, 0.1) is 18.8 Å². The van der Waals surface area contributed by atoms with E-state index in [1.807, 2.05) is 0 Å². The summed E-state index contributed by atoms with van der Waals surface area (Å²) in [5, 5.41) is 10.2. The highest BCUT2D eigenvalue weighted by molar-refractivity contribution is 7.98. The van der Waals surface area contributed by atoms with E-state index in [2.05, 4.69) is 0 Å². The van der Waals surface area contributed by atoms with Crippen molar-refractivity contribution in [2.75, 3.05) is 19.1 Å². The van der Waals surface area contributed by atoms with Crippen molar-refractivity contribution < 1.29 is 27.8 Å². The molecule has 2 aromatic carbocycles. The Kier molecular flexibility index (Phi) is 5.90. The summed E-state index contributed by atoms with van der Waals surface area (Å²) in [5.74, 6) is 0.445. The van der Waals surface area contributed by atoms with Crippen LogP contribution in [0.4, 0.5) is 13.2 Å². The molecule has 1 aliphatic heterocycles. The number of nitrogens with zero attached hydrogens (tertiary/aromatic N) is 1. The molecule has 0 saturated heterocycles. The molecule has 1 atom stereocenters. The normalized spacial score (nSPS) is 14.9. The quantitative estimate of drug-likeness (QED) is 0.772. The number of thioether (sulfide) groups is 1. The Morgan fingerprint density at radius 1 is 1.25 bits per heavy atom. The van der Waals surface area contributed by atoms with Gasteiger partial charge in [-0.15, -0.1) is 0 Å². The minimum absolute atomic E-state index is 0.0125. The zero-order valence-corrected chi connectivity index (χ0v) is 16.2. The van der Waals surface area contributed by atoms with Gasteiger partial charge in [0.1, 0.15) is 5.75 Å². The SMILES string of the molecule is COc1ccc(CN2Cc3c(cc(C(O)CSC)cc3C(F)(F)F)C2=O)cc1. The molecule has 28 heavy (non-hydrogen) atoms. The fraction of sp³-hybridized carbons (Fsp3) is 0.350. The van der Waals surface area contributed by atoms with E-state index in [0.29, 0.717) is 5.75 Å². The molecule has 1 heterocycles. The van der Waals surface area contributed by atoms with E-state index in [0.717, 1.165) is 11.6 Å². The van der Waals surface area contributed by atoms with Crippen molar-refractivity contribution in [3.63, 3.8) is 0 Å². The average molecular weight is 411 g/mol. The van der Waals surface area contributed by atoms with Gasteiger partial charge < -0.3 is 14.7 Å². The maximum Gasteiger partial charge on any atom is 0.416 e. The molecule has 0 radical (unpaired) electrons. The van der Waals surface area contributed by atoms with Crippen LogP contribution in [0, 0.1) is 0 Å². The Balaban J connectivity index is 1.94. The number of amides is 1. The van der Waals surface area contributed by atoms with Crippen LogP contribution >= 0.6 is 11.8 Å². The van der Waals surface area contributed by atoms with Gasteiger partial charge in [0, 0.05) is 24.4 Å². The minimum atomic E-state index is -4.60. The lowest BCUT2D eigenvalue weighted by Crippen LogP contribution is -2.23. The second-order valence-electron chi connectivity index (χ2n) is 6.57. The number of rotatable bonds is 6. The number of fused-ring (bicyclic) bond motifs is 1. The number of aliphatic hydroxyl groups excluding tert-OH is 1. The summed E-state index contributed by atoms with van der Waals surface area (Å²) < 4.78 is 45.9. The molecule has 0 aromatic heterocycles. The number of carbonyl (C=O) groups is 1. The van der Waals surface area contributed by atoms with E-state index in [1.165, 1.54) is 29.8 Å². The van der Waals surface area contributed by atoms with Crippen molar-refractivity contribution in [3.05, 3.63) is 64.2 Å². The van der Waals surface area contributed by atoms with Gasteiger partial charge in [0.25, 0.3) is 5.91 Å². The van der Waals surface area contributed by atoms with E-state index in [1.54, 1.807) is 30.5 Å². The predicted octanol–water partition coefficient (Wildman–Crippen LogP) is 4.27. The standard InChI is InChI=1S/C20H20F3NO3S/c1-27-14-5-3-12(4-6-14)9-24-10-16-15(19(24)26)7-13(18(25)11-28-2)8-17(16)20(21,22)23/h3-8,18,25H,9-11H2,1-2H3. The summed E-state index contributed by atoms with van der Waals surface area (Å²) in [6.07, 6.45) is -3.91. The second-order valence-corrected chi connectivity index (χ2v) is 7.48. The maximum absolute atomic E-state index is 13.6. The van der Waals surface area contributed by atoms with Gasteiger partial charge in [-0.1, -0.05) is 12.1 Å². The third kappa shape index (κ3) is 4.12. The Morgan fingerprint density at radius 2 is 1.93 bits per heavy atom. The summed E-state index contributed by atoms with van der Waals surface area (Å²) in [5.41, 5.74) is 0.0218. The highest BCUT2D eigenvalue weighted by Gasteiger charge is 2.40. The van der Waals surface area contributed by atoms with Gasteiger partial charge in [-0.05, 0) is 47.2 Å². The zero-order chi connectivity index (χ0) is 20.5. The maximum atomic E-state index is 13.6. The van der Waals surface area contributed by atoms with E-state index in [4.69, 9.17) is 4.74 Å². The summed E-state index contributed by atoms with van der Waals surface area (Å²) in [4.78, 5) is 14.2. The van der Waals surface area contributed by atoms with Crippen molar-refractivity contribution in [1.82, 2.24) is 4.90 Å². The molecule has 4 nitrogen and oxygen atoms in total. The van der Waals surface area contributed by atoms with Crippen molar-refractivity contribution in [1.29, 1.82) is 0 Å². The van der Waals surface area contributed by atoms with E-state index < -0.39 is 23.8 Å². The van der Waals surface area contributed by atoms with Gasteiger partial charge in [0.15, 0.2) is 0 Å². The summed E-state index contributed by atoms with van der Waals surface area (Å²) >= 11 is 1.32. The number of aliphatic hydroxyl groups is 1. The number of halogens is 3. The average Bonchev–Trinajstić information content (AvgIpc) is 2.96. The van der Waals surface area contributed by atoms with Crippen LogP contribution in [0.25, 0.3) is 0 Å². The number of hydrogen-bond acceptors (Lipinski definition) is 4. The van der Waals surface area contributed by atoms with Gasteiger partial charge >= 0.3 is 6.18 Å². The summed E-state index contributed by atoms with van der Waals surface area (Å²) in [6, 6.07) is 9.37. The van der Waals surface area contributed by atoms with Gasteiger partial charge in [0.2, 0.25) is 0 Å². The van der Waals surface area contributed by atoms with E-state index in [9.17, 15) is 23.1 Å². The van der Waals surface area contributed by atoms with Crippen molar-refractivity contribution >= 4 is 17.7 Å². The smallest absolute Gasteiger partial charge is 0.416 e. The first-order valence-corrected chi connectivity index (χ1v) is 9.97. The monoisotopic (exact) mass is 411 g/mol. The van der Waals surface area contributed by atoms with Crippen molar-refractivity contribution in [2.45, 2.75) is 25.4 Å². The van der Waals surface area contributed by atoms with Gasteiger partial charge in [-0.3, -0.25) is 4.79 Å². The molecule has 3 rings (SSSR count). The number of benzene rings is 2. The Labute approximate surface area is 165 Å². The lowest BCUT2D eigenvalue weighted by molar-refractivity contribution is -0.138. The van der Waals surface area contributed by atoms with Crippen LogP contribution in [0.15, 0.2) is 36.4 Å². The van der Waals surface area contributed by atoms with Gasteiger partial charge in [-0.25, -0.2) is 0 Å². The Hall–Kier alpha value is -2.19. The fourth-order valence-electron chi connectivity index (χ4n) is 3.27. The molecule has 0 spiro atoms. The highest BCUT2D eigenvalue weighted by atomic mass is 32.2. The minimum Gasteiger partial charge on any atom is -0.497 e. The van der Waals surface area contributed by atoms with Crippen LogP contribution in [0.2, 0.25) is 0 Å². The Morgan fingerprint density at radius 3 is 2.50 bits per heavy atom. The van der Waals surface area contributed by atoms with Gasteiger partial charge in [-0.2, -0.15) is 24.9 Å². The molecule has 8 heteroatoms. The van der Waals surface area contributed by atoms with Crippen LogP contribution in [-0.4, -0.2) is 35.0 Å². The summed E-state index contributed by atoms with van der Waals surface area (Å²) in [7, 11) is 1.54. The summed E-state index contributed by atoms with van der Waals surface area (Å²) in [6.45, 7) is 0.0748. The first kappa shape index (κ1) is 20.5. The fourth-order valence-corrected chi connectivity index (χ4v) is 3.78. The highest BCUT2D eigenvalue weighted by Crippen LogP contribution is 2.39. The number of carbonyl (C=O) groups excluding carboxylic acids is 1. The molecule has 0 bridgehead atoms. The molecule has 1 N–H and O–H groups in total. The lowest BCUT2D eigenvalue weighted by Gasteiger charge is -2.17. The Bertz CT molecular complexity index is 868. The molecular weight excluding hydrogens is 391 g/mol. The molecule has 2 aromatic rings. The predicted molar refractivity (Wildman–Crippen MR) is 101 cm³/mol. The number of alkyl halides is 3. The molecule has 1 amide bonds. The first-order valence-electron chi connectivity index (χ1n) is 8.57. The van der Waals surface area contributed by atoms with Crippen LogP contribution in [-0.2, 0) is 19.3 Å². The number of methoxy groups -OCH3 is 1. The second kappa shape index (κ2) is 8.05.